The van der Waals surface area contributed by atoms with Gasteiger partial charge >= 0.3 is 0 Å². The molecule has 0 aliphatic carbocycles. The Bertz CT molecular complexity index is 1340. The maximum Gasteiger partial charge on any atom is 0.261 e. The fourth-order valence-corrected chi connectivity index (χ4v) is 3.94. The Hall–Kier alpha value is -4.45. The fourth-order valence-electron chi connectivity index (χ4n) is 3.94. The molecule has 3 amide bonds. The number of hydrogen-bond donors (Lipinski definition) is 1. The summed E-state index contributed by atoms with van der Waals surface area (Å²) in [6.07, 6.45) is 2.17. The lowest BCUT2D eigenvalue weighted by molar-refractivity contribution is 0.0631. The van der Waals surface area contributed by atoms with Crippen molar-refractivity contribution in [2.75, 3.05) is 5.32 Å². The van der Waals surface area contributed by atoms with Crippen LogP contribution in [0.4, 0.5) is 5.69 Å². The maximum atomic E-state index is 13.0. The standard InChI is InChI=1S/C27H20N2O4/c30-25(28-24-11-5-4-9-19(24)15-18-7-2-1-3-8-18)20-12-13-22-23(16-20)27(32)29(26(22)31)17-21-10-6-14-33-21/h1-14,16H,15,17H2,(H,28,30). The number of fused-ring (bicyclic) bond motifs is 1. The highest BCUT2D eigenvalue weighted by atomic mass is 16.3. The molecule has 0 saturated heterocycles. The molecule has 1 aromatic heterocycles. The van der Waals surface area contributed by atoms with E-state index in [1.807, 2.05) is 54.6 Å². The number of carbonyl (C=O) groups excluding carboxylic acids is 3. The first-order valence-electron chi connectivity index (χ1n) is 10.6. The molecule has 0 radical (unpaired) electrons. The third-order valence-corrected chi connectivity index (χ3v) is 5.63. The van der Waals surface area contributed by atoms with Gasteiger partial charge in [-0.25, -0.2) is 0 Å². The molecular formula is C27H20N2O4. The molecule has 0 unspecified atom stereocenters. The van der Waals surface area contributed by atoms with Crippen LogP contribution in [0.15, 0.2) is 95.6 Å². The Balaban J connectivity index is 1.36. The number of carbonyl (C=O) groups is 3. The monoisotopic (exact) mass is 436 g/mol. The van der Waals surface area contributed by atoms with Gasteiger partial charge in [0.1, 0.15) is 5.76 Å². The largest absolute Gasteiger partial charge is 0.467 e. The van der Waals surface area contributed by atoms with Crippen LogP contribution in [-0.4, -0.2) is 22.6 Å². The van der Waals surface area contributed by atoms with Crippen molar-refractivity contribution < 1.29 is 18.8 Å². The molecule has 162 valence electrons. The minimum absolute atomic E-state index is 0.0493. The molecule has 4 aromatic rings. The van der Waals surface area contributed by atoms with Gasteiger partial charge in [-0.2, -0.15) is 0 Å². The van der Waals surface area contributed by atoms with Crippen molar-refractivity contribution in [2.45, 2.75) is 13.0 Å². The van der Waals surface area contributed by atoms with Crippen LogP contribution >= 0.6 is 0 Å². The van der Waals surface area contributed by atoms with E-state index < -0.39 is 11.8 Å². The van der Waals surface area contributed by atoms with E-state index in [1.54, 1.807) is 18.2 Å². The molecule has 0 bridgehead atoms. The molecule has 33 heavy (non-hydrogen) atoms. The van der Waals surface area contributed by atoms with Crippen molar-refractivity contribution in [3.63, 3.8) is 0 Å². The number of amides is 3. The number of nitrogens with zero attached hydrogens (tertiary/aromatic N) is 1. The number of para-hydroxylation sites is 1. The summed E-state index contributed by atoms with van der Waals surface area (Å²) in [5.41, 5.74) is 3.63. The van der Waals surface area contributed by atoms with Crippen LogP contribution in [0.1, 0.15) is 48.0 Å². The third-order valence-electron chi connectivity index (χ3n) is 5.63. The summed E-state index contributed by atoms with van der Waals surface area (Å²) in [7, 11) is 0. The Kier molecular flexibility index (Phi) is 5.32. The Morgan fingerprint density at radius 1 is 0.818 bits per heavy atom. The van der Waals surface area contributed by atoms with Crippen LogP contribution in [-0.2, 0) is 13.0 Å². The Labute approximate surface area is 190 Å². The van der Waals surface area contributed by atoms with Crippen LogP contribution in [0.2, 0.25) is 0 Å². The van der Waals surface area contributed by atoms with Gasteiger partial charge in [0.2, 0.25) is 0 Å². The summed E-state index contributed by atoms with van der Waals surface area (Å²) >= 11 is 0. The normalized spacial score (nSPS) is 12.7. The van der Waals surface area contributed by atoms with E-state index in [1.165, 1.54) is 18.4 Å². The summed E-state index contributed by atoms with van der Waals surface area (Å²) in [5.74, 6) is -0.669. The first kappa shape index (κ1) is 20.5. The average Bonchev–Trinajstić information content (AvgIpc) is 3.44. The molecule has 0 fully saturated rings. The van der Waals surface area contributed by atoms with Crippen molar-refractivity contribution >= 4 is 23.4 Å². The van der Waals surface area contributed by atoms with Crippen molar-refractivity contribution in [3.8, 4) is 0 Å². The van der Waals surface area contributed by atoms with Gasteiger partial charge < -0.3 is 9.73 Å². The quantitative estimate of drug-likeness (QED) is 0.435. The topological polar surface area (TPSA) is 79.6 Å². The molecule has 1 aliphatic rings. The van der Waals surface area contributed by atoms with Crippen LogP contribution in [0.3, 0.4) is 0 Å². The second kappa shape index (κ2) is 8.59. The van der Waals surface area contributed by atoms with E-state index in [4.69, 9.17) is 4.42 Å². The summed E-state index contributed by atoms with van der Waals surface area (Å²) in [6.45, 7) is 0.0493. The van der Waals surface area contributed by atoms with E-state index in [0.29, 0.717) is 23.4 Å². The average molecular weight is 436 g/mol. The molecule has 6 nitrogen and oxygen atoms in total. The SMILES string of the molecule is O=C(Nc1ccccc1Cc1ccccc1)c1ccc2c(c1)C(=O)N(Cc1ccco1)C2=O. The molecular weight excluding hydrogens is 416 g/mol. The second-order valence-electron chi connectivity index (χ2n) is 7.81. The van der Waals surface area contributed by atoms with Gasteiger partial charge in [0, 0.05) is 11.3 Å². The van der Waals surface area contributed by atoms with Crippen LogP contribution < -0.4 is 5.32 Å². The molecule has 5 rings (SSSR count). The molecule has 2 heterocycles. The van der Waals surface area contributed by atoms with Gasteiger partial charge in [0.15, 0.2) is 0 Å². The lowest BCUT2D eigenvalue weighted by Crippen LogP contribution is -2.28. The minimum atomic E-state index is -0.439. The van der Waals surface area contributed by atoms with E-state index >= 15 is 0 Å². The number of anilines is 1. The van der Waals surface area contributed by atoms with Crippen molar-refractivity contribution in [2.24, 2.45) is 0 Å². The zero-order valence-corrected chi connectivity index (χ0v) is 17.7. The zero-order valence-electron chi connectivity index (χ0n) is 17.7. The highest BCUT2D eigenvalue weighted by Gasteiger charge is 2.36. The molecule has 1 aliphatic heterocycles. The van der Waals surface area contributed by atoms with Crippen molar-refractivity contribution in [1.29, 1.82) is 0 Å². The Morgan fingerprint density at radius 2 is 1.58 bits per heavy atom. The smallest absolute Gasteiger partial charge is 0.261 e. The number of nitrogens with one attached hydrogen (secondary N) is 1. The summed E-state index contributed by atoms with van der Waals surface area (Å²) < 4.78 is 5.26. The highest BCUT2D eigenvalue weighted by Crippen LogP contribution is 2.27. The molecule has 1 N–H and O–H groups in total. The van der Waals surface area contributed by atoms with Gasteiger partial charge in [-0.3, -0.25) is 19.3 Å². The van der Waals surface area contributed by atoms with Gasteiger partial charge in [0.25, 0.3) is 17.7 Å². The lowest BCUT2D eigenvalue weighted by Gasteiger charge is -2.12. The molecule has 0 saturated carbocycles. The Morgan fingerprint density at radius 3 is 2.36 bits per heavy atom. The molecule has 3 aromatic carbocycles. The first-order chi connectivity index (χ1) is 16.1. The molecule has 0 atom stereocenters. The van der Waals surface area contributed by atoms with E-state index in [-0.39, 0.29) is 23.6 Å². The highest BCUT2D eigenvalue weighted by molar-refractivity contribution is 6.22. The van der Waals surface area contributed by atoms with Gasteiger partial charge in [-0.15, -0.1) is 0 Å². The number of benzene rings is 3. The third kappa shape index (κ3) is 4.06. The van der Waals surface area contributed by atoms with Crippen molar-refractivity contribution in [3.05, 3.63) is 125 Å². The van der Waals surface area contributed by atoms with E-state index in [0.717, 1.165) is 16.0 Å². The summed E-state index contributed by atoms with van der Waals surface area (Å²) in [6, 6.07) is 25.6. The number of hydrogen-bond acceptors (Lipinski definition) is 4. The number of imide groups is 1. The first-order valence-corrected chi connectivity index (χ1v) is 10.6. The minimum Gasteiger partial charge on any atom is -0.467 e. The van der Waals surface area contributed by atoms with Gasteiger partial charge in [-0.05, 0) is 53.9 Å². The van der Waals surface area contributed by atoms with E-state index in [2.05, 4.69) is 5.32 Å². The van der Waals surface area contributed by atoms with Crippen molar-refractivity contribution in [1.82, 2.24) is 4.90 Å². The predicted molar refractivity (Wildman–Crippen MR) is 123 cm³/mol. The second-order valence-corrected chi connectivity index (χ2v) is 7.81. The van der Waals surface area contributed by atoms with Crippen LogP contribution in [0.5, 0.6) is 0 Å². The summed E-state index contributed by atoms with van der Waals surface area (Å²) in [4.78, 5) is 39.7. The van der Waals surface area contributed by atoms with Crippen LogP contribution in [0, 0.1) is 0 Å². The number of rotatable bonds is 6. The van der Waals surface area contributed by atoms with Gasteiger partial charge in [-0.1, -0.05) is 48.5 Å². The number of furan rings is 1. The van der Waals surface area contributed by atoms with Gasteiger partial charge in [0.05, 0.1) is 23.9 Å². The van der Waals surface area contributed by atoms with E-state index in [9.17, 15) is 14.4 Å². The molecule has 6 heteroatoms. The molecule has 0 spiro atoms. The zero-order chi connectivity index (χ0) is 22.8. The maximum absolute atomic E-state index is 13.0. The summed E-state index contributed by atoms with van der Waals surface area (Å²) in [5, 5.41) is 2.95. The fraction of sp³-hybridized carbons (Fsp3) is 0.0741. The lowest BCUT2D eigenvalue weighted by atomic mass is 10.0. The predicted octanol–water partition coefficient (Wildman–Crippen LogP) is 4.92. The van der Waals surface area contributed by atoms with Crippen LogP contribution in [0.25, 0.3) is 0 Å².